The number of hydrogen-bond donors (Lipinski definition) is 2. The van der Waals surface area contributed by atoms with Crippen LogP contribution < -0.4 is 15.5 Å². The molecule has 0 saturated carbocycles. The van der Waals surface area contributed by atoms with E-state index in [0.29, 0.717) is 12.1 Å². The van der Waals surface area contributed by atoms with Crippen LogP contribution in [0.2, 0.25) is 0 Å². The molecule has 26 heavy (non-hydrogen) atoms. The van der Waals surface area contributed by atoms with Gasteiger partial charge in [-0.05, 0) is 29.8 Å². The zero-order valence-corrected chi connectivity index (χ0v) is 15.0. The molecule has 0 fully saturated rings. The van der Waals surface area contributed by atoms with Crippen LogP contribution in [-0.4, -0.2) is 31.3 Å². The van der Waals surface area contributed by atoms with E-state index in [2.05, 4.69) is 10.6 Å². The molecule has 0 aliphatic heterocycles. The molecule has 0 heterocycles. The van der Waals surface area contributed by atoms with Gasteiger partial charge >= 0.3 is 0 Å². The monoisotopic (exact) mass is 353 g/mol. The Morgan fingerprint density at radius 3 is 2.19 bits per heavy atom. The lowest BCUT2D eigenvalue weighted by Crippen LogP contribution is -2.32. The van der Waals surface area contributed by atoms with E-state index in [1.807, 2.05) is 30.3 Å². The predicted molar refractivity (Wildman–Crippen MR) is 102 cm³/mol. The molecule has 136 valence electrons. The van der Waals surface area contributed by atoms with Gasteiger partial charge in [0, 0.05) is 24.8 Å². The van der Waals surface area contributed by atoms with Crippen LogP contribution in [0.1, 0.15) is 18.9 Å². The first kappa shape index (κ1) is 19.2. The minimum absolute atomic E-state index is 0.0183. The van der Waals surface area contributed by atoms with Gasteiger partial charge in [-0.2, -0.15) is 0 Å². The molecule has 0 unspecified atom stereocenters. The van der Waals surface area contributed by atoms with Crippen LogP contribution >= 0.6 is 0 Å². The number of hydrogen-bond acceptors (Lipinski definition) is 3. The molecule has 3 amide bonds. The van der Waals surface area contributed by atoms with Crippen LogP contribution in [0.5, 0.6) is 0 Å². The van der Waals surface area contributed by atoms with Crippen molar-refractivity contribution in [2.45, 2.75) is 19.8 Å². The molecule has 2 aromatic carbocycles. The molecule has 2 rings (SSSR count). The lowest BCUT2D eigenvalue weighted by Gasteiger charge is -2.17. The number of likely N-dealkylation sites (N-methyl/N-ethyl adjacent to an activating group) is 1. The standard InChI is InChI=1S/C20H23N3O3/c1-3-18(24)21-14-19(25)22-16-11-9-15(10-12-16)13-20(26)23(2)17-7-5-4-6-8-17/h4-12H,3,13-14H2,1-2H3,(H,21,24)(H,22,25). The number of amides is 3. The van der Waals surface area contributed by atoms with Crippen molar-refractivity contribution in [3.63, 3.8) is 0 Å². The molecule has 6 heteroatoms. The summed E-state index contributed by atoms with van der Waals surface area (Å²) < 4.78 is 0. The van der Waals surface area contributed by atoms with E-state index in [0.717, 1.165) is 11.3 Å². The van der Waals surface area contributed by atoms with Gasteiger partial charge in [0.25, 0.3) is 0 Å². The number of benzene rings is 2. The smallest absolute Gasteiger partial charge is 0.243 e. The van der Waals surface area contributed by atoms with Crippen LogP contribution in [0.25, 0.3) is 0 Å². The highest BCUT2D eigenvalue weighted by atomic mass is 16.2. The lowest BCUT2D eigenvalue weighted by molar-refractivity contribution is -0.123. The van der Waals surface area contributed by atoms with E-state index in [1.165, 1.54) is 0 Å². The average molecular weight is 353 g/mol. The maximum Gasteiger partial charge on any atom is 0.243 e. The molecular formula is C20H23N3O3. The fourth-order valence-corrected chi connectivity index (χ4v) is 2.30. The highest BCUT2D eigenvalue weighted by Gasteiger charge is 2.11. The van der Waals surface area contributed by atoms with Crippen molar-refractivity contribution < 1.29 is 14.4 Å². The Morgan fingerprint density at radius 1 is 0.923 bits per heavy atom. The van der Waals surface area contributed by atoms with Crippen molar-refractivity contribution in [2.24, 2.45) is 0 Å². The Kier molecular flexibility index (Phi) is 6.91. The Labute approximate surface area is 153 Å². The summed E-state index contributed by atoms with van der Waals surface area (Å²) in [5, 5.41) is 5.22. The minimum atomic E-state index is -0.292. The van der Waals surface area contributed by atoms with Gasteiger partial charge in [-0.25, -0.2) is 0 Å². The quantitative estimate of drug-likeness (QED) is 0.802. The van der Waals surface area contributed by atoms with Crippen molar-refractivity contribution in [1.29, 1.82) is 0 Å². The predicted octanol–water partition coefficient (Wildman–Crippen LogP) is 2.36. The molecule has 0 bridgehead atoms. The Hall–Kier alpha value is -3.15. The molecule has 0 aliphatic carbocycles. The van der Waals surface area contributed by atoms with Gasteiger partial charge in [-0.1, -0.05) is 37.3 Å². The summed E-state index contributed by atoms with van der Waals surface area (Å²) in [5.41, 5.74) is 2.32. The molecule has 6 nitrogen and oxygen atoms in total. The normalized spacial score (nSPS) is 10.1. The van der Waals surface area contributed by atoms with Crippen LogP contribution in [0.3, 0.4) is 0 Å². The molecule has 0 radical (unpaired) electrons. The summed E-state index contributed by atoms with van der Waals surface area (Å²) in [5.74, 6) is -0.480. The van der Waals surface area contributed by atoms with Gasteiger partial charge in [-0.3, -0.25) is 14.4 Å². The third-order valence-electron chi connectivity index (χ3n) is 3.88. The summed E-state index contributed by atoms with van der Waals surface area (Å²) in [6.45, 7) is 1.66. The molecule has 0 atom stereocenters. The largest absolute Gasteiger partial charge is 0.347 e. The number of anilines is 2. The van der Waals surface area contributed by atoms with Crippen LogP contribution in [0.4, 0.5) is 11.4 Å². The van der Waals surface area contributed by atoms with Gasteiger partial charge in [0.05, 0.1) is 13.0 Å². The van der Waals surface area contributed by atoms with Crippen molar-refractivity contribution in [2.75, 3.05) is 23.8 Å². The van der Waals surface area contributed by atoms with Crippen molar-refractivity contribution >= 4 is 29.1 Å². The molecule has 0 aromatic heterocycles. The zero-order chi connectivity index (χ0) is 18.9. The highest BCUT2D eigenvalue weighted by molar-refractivity contribution is 5.95. The van der Waals surface area contributed by atoms with Crippen LogP contribution in [0.15, 0.2) is 54.6 Å². The van der Waals surface area contributed by atoms with Gasteiger partial charge in [0.15, 0.2) is 0 Å². The SMILES string of the molecule is CCC(=O)NCC(=O)Nc1ccc(CC(=O)N(C)c2ccccc2)cc1. The number of carbonyl (C=O) groups is 3. The summed E-state index contributed by atoms with van der Waals surface area (Å²) in [4.78, 5) is 36.9. The first-order chi connectivity index (χ1) is 12.5. The summed E-state index contributed by atoms with van der Waals surface area (Å²) >= 11 is 0. The molecule has 0 spiro atoms. The highest BCUT2D eigenvalue weighted by Crippen LogP contribution is 2.14. The number of rotatable bonds is 7. The van der Waals surface area contributed by atoms with Crippen LogP contribution in [-0.2, 0) is 20.8 Å². The van der Waals surface area contributed by atoms with E-state index in [-0.39, 0.29) is 30.7 Å². The van der Waals surface area contributed by atoms with E-state index in [4.69, 9.17) is 0 Å². The second-order valence-corrected chi connectivity index (χ2v) is 5.84. The van der Waals surface area contributed by atoms with Gasteiger partial charge in [0.1, 0.15) is 0 Å². The van der Waals surface area contributed by atoms with Crippen molar-refractivity contribution in [3.05, 3.63) is 60.2 Å². The average Bonchev–Trinajstić information content (AvgIpc) is 2.67. The van der Waals surface area contributed by atoms with Crippen molar-refractivity contribution in [1.82, 2.24) is 5.32 Å². The number of para-hydroxylation sites is 1. The zero-order valence-electron chi connectivity index (χ0n) is 15.0. The number of nitrogens with zero attached hydrogens (tertiary/aromatic N) is 1. The minimum Gasteiger partial charge on any atom is -0.347 e. The second kappa shape index (κ2) is 9.36. The Bertz CT molecular complexity index is 758. The molecule has 0 aliphatic rings. The van der Waals surface area contributed by atoms with Crippen LogP contribution in [0, 0.1) is 0 Å². The maximum absolute atomic E-state index is 12.4. The summed E-state index contributed by atoms with van der Waals surface area (Å²) in [6, 6.07) is 16.5. The first-order valence-electron chi connectivity index (χ1n) is 8.46. The van der Waals surface area contributed by atoms with Gasteiger partial charge < -0.3 is 15.5 Å². The Balaban J connectivity index is 1.88. The van der Waals surface area contributed by atoms with E-state index in [9.17, 15) is 14.4 Å². The van der Waals surface area contributed by atoms with E-state index >= 15 is 0 Å². The molecule has 0 saturated heterocycles. The lowest BCUT2D eigenvalue weighted by atomic mass is 10.1. The summed E-state index contributed by atoms with van der Waals surface area (Å²) in [7, 11) is 1.75. The van der Waals surface area contributed by atoms with Gasteiger partial charge in [-0.15, -0.1) is 0 Å². The van der Waals surface area contributed by atoms with E-state index in [1.54, 1.807) is 43.1 Å². The van der Waals surface area contributed by atoms with Crippen molar-refractivity contribution in [3.8, 4) is 0 Å². The Morgan fingerprint density at radius 2 is 1.58 bits per heavy atom. The maximum atomic E-state index is 12.4. The fourth-order valence-electron chi connectivity index (χ4n) is 2.30. The van der Waals surface area contributed by atoms with E-state index < -0.39 is 0 Å². The molecule has 2 N–H and O–H groups in total. The fraction of sp³-hybridized carbons (Fsp3) is 0.250. The molecular weight excluding hydrogens is 330 g/mol. The third-order valence-corrected chi connectivity index (χ3v) is 3.88. The second-order valence-electron chi connectivity index (χ2n) is 5.84. The summed E-state index contributed by atoms with van der Waals surface area (Å²) in [6.07, 6.45) is 0.611. The van der Waals surface area contributed by atoms with Gasteiger partial charge in [0.2, 0.25) is 17.7 Å². The molecule has 2 aromatic rings. The topological polar surface area (TPSA) is 78.5 Å². The number of carbonyl (C=O) groups excluding carboxylic acids is 3. The third kappa shape index (κ3) is 5.73. The number of nitrogens with one attached hydrogen (secondary N) is 2. The first-order valence-corrected chi connectivity index (χ1v) is 8.46.